The minimum atomic E-state index is -1.12. The molecule has 0 aromatic carbocycles. The molecule has 4 heteroatoms. The Morgan fingerprint density at radius 1 is 1.11 bits per heavy atom. The third kappa shape index (κ3) is 7.73. The van der Waals surface area contributed by atoms with Crippen molar-refractivity contribution in [1.29, 1.82) is 0 Å². The van der Waals surface area contributed by atoms with Gasteiger partial charge in [-0.15, -0.1) is 0 Å². The van der Waals surface area contributed by atoms with Gasteiger partial charge in [-0.05, 0) is 53.4 Å². The molecule has 106 valence electrons. The van der Waals surface area contributed by atoms with Crippen molar-refractivity contribution < 1.29 is 8.95 Å². The van der Waals surface area contributed by atoms with Gasteiger partial charge in [0.25, 0.3) is 0 Å². The fraction of sp³-hybridized carbons (Fsp3) is 0.857. The quantitative estimate of drug-likeness (QED) is 0.803. The molecule has 0 saturated heterocycles. The van der Waals surface area contributed by atoms with Gasteiger partial charge >= 0.3 is 0 Å². The lowest BCUT2D eigenvalue weighted by atomic mass is 10.1. The molecule has 0 heterocycles. The topological polar surface area (TPSA) is 38.3 Å². The van der Waals surface area contributed by atoms with Crippen molar-refractivity contribution in [1.82, 2.24) is 4.72 Å². The summed E-state index contributed by atoms with van der Waals surface area (Å²) >= 11 is 0. The van der Waals surface area contributed by atoms with Gasteiger partial charge in [-0.25, -0.2) is 8.93 Å². The van der Waals surface area contributed by atoms with E-state index in [1.807, 2.05) is 55.4 Å². The molecule has 18 heavy (non-hydrogen) atoms. The molecular formula is C14H27NO2S. The Morgan fingerprint density at radius 2 is 1.61 bits per heavy atom. The first-order valence-corrected chi connectivity index (χ1v) is 7.45. The Balaban J connectivity index is 4.65. The van der Waals surface area contributed by atoms with Gasteiger partial charge in [0.1, 0.15) is 11.7 Å². The van der Waals surface area contributed by atoms with Gasteiger partial charge < -0.3 is 4.74 Å². The summed E-state index contributed by atoms with van der Waals surface area (Å²) in [5.41, 5.74) is -0.280. The molecule has 2 atom stereocenters. The molecule has 0 aromatic heterocycles. The Morgan fingerprint density at radius 3 is 1.94 bits per heavy atom. The second-order valence-corrected chi connectivity index (χ2v) is 8.68. The van der Waals surface area contributed by atoms with E-state index in [9.17, 15) is 4.21 Å². The zero-order chi connectivity index (χ0) is 14.6. The molecule has 3 nitrogen and oxygen atoms in total. The fourth-order valence-electron chi connectivity index (χ4n) is 0.870. The molecule has 0 bridgehead atoms. The van der Waals surface area contributed by atoms with E-state index < -0.39 is 11.0 Å². The van der Waals surface area contributed by atoms with Crippen LogP contribution in [0.3, 0.4) is 0 Å². The van der Waals surface area contributed by atoms with Gasteiger partial charge in [0.05, 0.1) is 21.8 Å². The maximum absolute atomic E-state index is 12.0. The lowest BCUT2D eigenvalue weighted by Gasteiger charge is -2.23. The SMILES string of the molecule is CC(C)[C@H](C#COC(C)(C)C)NS(=O)C(C)(C)C. The van der Waals surface area contributed by atoms with Gasteiger partial charge in [0.15, 0.2) is 0 Å². The smallest absolute Gasteiger partial charge is 0.112 e. The van der Waals surface area contributed by atoms with E-state index in [1.165, 1.54) is 0 Å². The van der Waals surface area contributed by atoms with Crippen LogP contribution in [0.4, 0.5) is 0 Å². The monoisotopic (exact) mass is 273 g/mol. The summed E-state index contributed by atoms with van der Waals surface area (Å²) < 4.78 is 20.2. The van der Waals surface area contributed by atoms with Gasteiger partial charge in [-0.1, -0.05) is 13.8 Å². The van der Waals surface area contributed by atoms with E-state index in [0.29, 0.717) is 0 Å². The average Bonchev–Trinajstić information content (AvgIpc) is 2.12. The molecule has 1 N–H and O–H groups in total. The van der Waals surface area contributed by atoms with Crippen molar-refractivity contribution >= 4 is 11.0 Å². The van der Waals surface area contributed by atoms with Crippen LogP contribution in [-0.2, 0) is 15.7 Å². The molecular weight excluding hydrogens is 246 g/mol. The molecule has 0 fully saturated rings. The minimum Gasteiger partial charge on any atom is -0.441 e. The molecule has 1 unspecified atom stereocenters. The van der Waals surface area contributed by atoms with Crippen LogP contribution in [0, 0.1) is 17.9 Å². The van der Waals surface area contributed by atoms with Gasteiger partial charge in [-0.2, -0.15) is 0 Å². The van der Waals surface area contributed by atoms with Gasteiger partial charge in [0, 0.05) is 0 Å². The highest BCUT2D eigenvalue weighted by atomic mass is 32.2. The summed E-state index contributed by atoms with van der Waals surface area (Å²) in [7, 11) is -1.12. The van der Waals surface area contributed by atoms with Crippen molar-refractivity contribution in [2.75, 3.05) is 0 Å². The minimum absolute atomic E-state index is 0.132. The number of nitrogens with one attached hydrogen (secondary N) is 1. The summed E-state index contributed by atoms with van der Waals surface area (Å²) in [4.78, 5) is 0. The lowest BCUT2D eigenvalue weighted by Crippen LogP contribution is -2.41. The highest BCUT2D eigenvalue weighted by Crippen LogP contribution is 2.12. The molecule has 0 amide bonds. The number of ether oxygens (including phenoxy) is 1. The van der Waals surface area contributed by atoms with Crippen LogP contribution < -0.4 is 4.72 Å². The normalized spacial score (nSPS) is 15.8. The fourth-order valence-corrected chi connectivity index (χ4v) is 1.79. The van der Waals surface area contributed by atoms with E-state index in [2.05, 4.69) is 16.7 Å². The largest absolute Gasteiger partial charge is 0.441 e. The predicted molar refractivity (Wildman–Crippen MR) is 78.3 cm³/mol. The van der Waals surface area contributed by atoms with E-state index >= 15 is 0 Å². The first-order valence-electron chi connectivity index (χ1n) is 6.30. The number of rotatable bonds is 3. The summed E-state index contributed by atoms with van der Waals surface area (Å²) in [6, 6.07) is -0.132. The third-order valence-corrected chi connectivity index (χ3v) is 3.61. The molecule has 0 aliphatic rings. The second-order valence-electron chi connectivity index (χ2n) is 6.68. The molecule has 0 rings (SSSR count). The number of hydrogen-bond acceptors (Lipinski definition) is 2. The van der Waals surface area contributed by atoms with Crippen molar-refractivity contribution in [3.05, 3.63) is 0 Å². The Bertz CT molecular complexity index is 340. The zero-order valence-corrected chi connectivity index (χ0v) is 13.7. The van der Waals surface area contributed by atoms with E-state index in [0.717, 1.165) is 0 Å². The summed E-state index contributed by atoms with van der Waals surface area (Å²) in [5.74, 6) is 3.27. The zero-order valence-electron chi connectivity index (χ0n) is 12.9. The summed E-state index contributed by atoms with van der Waals surface area (Å²) in [6.45, 7) is 15.8. The van der Waals surface area contributed by atoms with E-state index in [-0.39, 0.29) is 22.3 Å². The Kier molecular flexibility index (Phi) is 6.39. The summed E-state index contributed by atoms with van der Waals surface area (Å²) in [5, 5.41) is 0. The van der Waals surface area contributed by atoms with Crippen molar-refractivity contribution in [2.45, 2.75) is 71.8 Å². The van der Waals surface area contributed by atoms with Crippen LogP contribution in [-0.4, -0.2) is 20.6 Å². The lowest BCUT2D eigenvalue weighted by molar-refractivity contribution is 0.0959. The highest BCUT2D eigenvalue weighted by Gasteiger charge is 2.23. The van der Waals surface area contributed by atoms with Crippen LogP contribution >= 0.6 is 0 Å². The number of hydrogen-bond donors (Lipinski definition) is 1. The van der Waals surface area contributed by atoms with Crippen LogP contribution in [0.1, 0.15) is 55.4 Å². The molecule has 0 saturated carbocycles. The van der Waals surface area contributed by atoms with Crippen molar-refractivity contribution in [3.8, 4) is 12.0 Å². The molecule has 0 aromatic rings. The average molecular weight is 273 g/mol. The maximum atomic E-state index is 12.0. The van der Waals surface area contributed by atoms with Crippen LogP contribution in [0.15, 0.2) is 0 Å². The molecule has 0 radical (unpaired) electrons. The van der Waals surface area contributed by atoms with E-state index in [4.69, 9.17) is 4.74 Å². The molecule has 0 spiro atoms. The highest BCUT2D eigenvalue weighted by molar-refractivity contribution is 7.84. The van der Waals surface area contributed by atoms with Gasteiger partial charge in [-0.3, -0.25) is 0 Å². The first kappa shape index (κ1) is 17.5. The second kappa shape index (κ2) is 6.58. The molecule has 0 aliphatic heterocycles. The van der Waals surface area contributed by atoms with Gasteiger partial charge in [0.2, 0.25) is 0 Å². The van der Waals surface area contributed by atoms with E-state index in [1.54, 1.807) is 0 Å². The molecule has 0 aliphatic carbocycles. The standard InChI is InChI=1S/C14H27NO2S/c1-11(2)12(9-10-17-13(3,4)5)15-18(16)14(6,7)8/h11-12,15H,1-8H3/t12-,18?/m0/s1. The predicted octanol–water partition coefficient (Wildman–Crippen LogP) is 2.84. The maximum Gasteiger partial charge on any atom is 0.112 e. The Labute approximate surface area is 115 Å². The first-order chi connectivity index (χ1) is 7.93. The van der Waals surface area contributed by atoms with Crippen molar-refractivity contribution in [2.24, 2.45) is 5.92 Å². The van der Waals surface area contributed by atoms with Crippen LogP contribution in [0.25, 0.3) is 0 Å². The third-order valence-electron chi connectivity index (χ3n) is 2.03. The van der Waals surface area contributed by atoms with Crippen LogP contribution in [0.2, 0.25) is 0 Å². The summed E-state index contributed by atoms with van der Waals surface area (Å²) in [6.07, 6.45) is 2.72. The Hall–Kier alpha value is -0.530. The van der Waals surface area contributed by atoms with Crippen LogP contribution in [0.5, 0.6) is 0 Å². The van der Waals surface area contributed by atoms with Crippen molar-refractivity contribution in [3.63, 3.8) is 0 Å².